The van der Waals surface area contributed by atoms with Gasteiger partial charge in [-0.15, -0.1) is 11.3 Å². The predicted octanol–water partition coefficient (Wildman–Crippen LogP) is 4.47. The van der Waals surface area contributed by atoms with Crippen molar-refractivity contribution in [1.82, 2.24) is 10.3 Å². The van der Waals surface area contributed by atoms with E-state index in [0.717, 1.165) is 55.5 Å². The Balaban J connectivity index is 1.51. The van der Waals surface area contributed by atoms with E-state index in [1.54, 1.807) is 11.3 Å². The number of carbonyl (C=O) groups is 2. The van der Waals surface area contributed by atoms with Crippen molar-refractivity contribution < 1.29 is 14.7 Å². The molecule has 0 bridgehead atoms. The van der Waals surface area contributed by atoms with Gasteiger partial charge in [0.15, 0.2) is 0 Å². The Kier molecular flexibility index (Phi) is 6.47. The van der Waals surface area contributed by atoms with E-state index in [-0.39, 0.29) is 12.3 Å². The molecule has 1 aliphatic carbocycles. The number of hydrogen-bond acceptors (Lipinski definition) is 4. The number of aryl methyl sites for hydroxylation is 2. The maximum Gasteiger partial charge on any atom is 0.303 e. The lowest BCUT2D eigenvalue weighted by molar-refractivity contribution is -0.139. The molecule has 2 N–H and O–H groups in total. The van der Waals surface area contributed by atoms with Gasteiger partial charge in [0.1, 0.15) is 0 Å². The number of nitrogens with zero attached hydrogens (tertiary/aromatic N) is 1. The third-order valence-corrected chi connectivity index (χ3v) is 6.53. The molecule has 0 aliphatic heterocycles. The summed E-state index contributed by atoms with van der Waals surface area (Å²) in [6.45, 7) is 2.65. The van der Waals surface area contributed by atoms with E-state index in [1.807, 2.05) is 6.92 Å². The first-order valence-electron chi connectivity index (χ1n) is 9.85. The SMILES string of the molecule is Cc1nc2ccc(CCCNC(=O)C3(CCC(=O)O)CCCCC3)cc2s1. The fourth-order valence-electron chi connectivity index (χ4n) is 4.09. The second-order valence-corrected chi connectivity index (χ2v) is 8.86. The van der Waals surface area contributed by atoms with Gasteiger partial charge in [-0.25, -0.2) is 4.98 Å². The molecule has 0 spiro atoms. The van der Waals surface area contributed by atoms with Gasteiger partial charge in [0.25, 0.3) is 0 Å². The van der Waals surface area contributed by atoms with Crippen LogP contribution in [-0.4, -0.2) is 28.5 Å². The van der Waals surface area contributed by atoms with Crippen LogP contribution in [0.1, 0.15) is 61.9 Å². The van der Waals surface area contributed by atoms with E-state index < -0.39 is 11.4 Å². The van der Waals surface area contributed by atoms with Crippen molar-refractivity contribution in [3.05, 3.63) is 28.8 Å². The molecule has 6 heteroatoms. The van der Waals surface area contributed by atoms with Crippen LogP contribution in [0.2, 0.25) is 0 Å². The number of benzene rings is 1. The Morgan fingerprint density at radius 2 is 2.04 bits per heavy atom. The molecule has 1 aromatic heterocycles. The van der Waals surface area contributed by atoms with Crippen LogP contribution >= 0.6 is 11.3 Å². The highest BCUT2D eigenvalue weighted by Crippen LogP contribution is 2.40. The Bertz CT molecular complexity index is 809. The maximum absolute atomic E-state index is 12.8. The van der Waals surface area contributed by atoms with Gasteiger partial charge in [-0.1, -0.05) is 25.3 Å². The van der Waals surface area contributed by atoms with Crippen molar-refractivity contribution in [1.29, 1.82) is 0 Å². The summed E-state index contributed by atoms with van der Waals surface area (Å²) in [6, 6.07) is 6.37. The fraction of sp³-hybridized carbons (Fsp3) is 0.571. The van der Waals surface area contributed by atoms with Crippen molar-refractivity contribution in [2.24, 2.45) is 5.41 Å². The number of nitrogens with one attached hydrogen (secondary N) is 1. The molecule has 1 amide bonds. The summed E-state index contributed by atoms with van der Waals surface area (Å²) in [5, 5.41) is 13.2. The zero-order valence-electron chi connectivity index (χ0n) is 15.9. The molecule has 1 aliphatic rings. The van der Waals surface area contributed by atoms with Crippen LogP contribution in [-0.2, 0) is 16.0 Å². The van der Waals surface area contributed by atoms with Gasteiger partial charge in [0.05, 0.1) is 15.2 Å². The molecule has 5 nitrogen and oxygen atoms in total. The lowest BCUT2D eigenvalue weighted by Gasteiger charge is -2.35. The molecule has 2 aromatic rings. The van der Waals surface area contributed by atoms with E-state index >= 15 is 0 Å². The number of aliphatic carboxylic acids is 1. The summed E-state index contributed by atoms with van der Waals surface area (Å²) in [5.41, 5.74) is 1.83. The number of thiazole rings is 1. The average Bonchev–Trinajstić information content (AvgIpc) is 3.03. The minimum Gasteiger partial charge on any atom is -0.481 e. The normalized spacial score (nSPS) is 16.3. The second kappa shape index (κ2) is 8.83. The lowest BCUT2D eigenvalue weighted by atomic mass is 9.70. The zero-order valence-corrected chi connectivity index (χ0v) is 16.7. The minimum atomic E-state index is -0.818. The second-order valence-electron chi connectivity index (χ2n) is 7.63. The molecule has 0 atom stereocenters. The fourth-order valence-corrected chi connectivity index (χ4v) is 4.98. The highest BCUT2D eigenvalue weighted by molar-refractivity contribution is 7.18. The van der Waals surface area contributed by atoms with Gasteiger partial charge < -0.3 is 10.4 Å². The summed E-state index contributed by atoms with van der Waals surface area (Å²) in [6.07, 6.45) is 7.11. The standard InChI is InChI=1S/C21H28N2O3S/c1-15-23-17-8-7-16(14-18(17)27-15)6-5-13-22-20(26)21(12-9-19(24)25)10-3-2-4-11-21/h7-8,14H,2-6,9-13H2,1H3,(H,22,26)(H,24,25). The zero-order chi connectivity index (χ0) is 19.3. The molecular weight excluding hydrogens is 360 g/mol. The van der Waals surface area contributed by atoms with Gasteiger partial charge in [-0.05, 0) is 56.7 Å². The van der Waals surface area contributed by atoms with Crippen LogP contribution in [0.15, 0.2) is 18.2 Å². The van der Waals surface area contributed by atoms with Crippen LogP contribution < -0.4 is 5.32 Å². The smallest absolute Gasteiger partial charge is 0.303 e. The molecule has 0 radical (unpaired) electrons. The molecule has 0 saturated heterocycles. The average molecular weight is 389 g/mol. The number of hydrogen-bond donors (Lipinski definition) is 2. The van der Waals surface area contributed by atoms with Crippen LogP contribution in [0.3, 0.4) is 0 Å². The summed E-state index contributed by atoms with van der Waals surface area (Å²) in [4.78, 5) is 28.3. The van der Waals surface area contributed by atoms with Crippen molar-refractivity contribution in [2.75, 3.05) is 6.54 Å². The van der Waals surface area contributed by atoms with E-state index in [1.165, 1.54) is 10.3 Å². The quantitative estimate of drug-likeness (QED) is 0.654. The molecule has 3 rings (SSSR count). The Labute approximate surface area is 164 Å². The Morgan fingerprint density at radius 3 is 2.78 bits per heavy atom. The topological polar surface area (TPSA) is 79.3 Å². The van der Waals surface area contributed by atoms with Crippen LogP contribution in [0.5, 0.6) is 0 Å². The van der Waals surface area contributed by atoms with Gasteiger partial charge in [0.2, 0.25) is 5.91 Å². The molecule has 27 heavy (non-hydrogen) atoms. The highest BCUT2D eigenvalue weighted by Gasteiger charge is 2.39. The summed E-state index contributed by atoms with van der Waals surface area (Å²) < 4.78 is 1.21. The number of carboxylic acids is 1. The van der Waals surface area contributed by atoms with Crippen LogP contribution in [0.25, 0.3) is 10.2 Å². The van der Waals surface area contributed by atoms with Gasteiger partial charge in [-0.2, -0.15) is 0 Å². The van der Waals surface area contributed by atoms with E-state index in [9.17, 15) is 9.59 Å². The maximum atomic E-state index is 12.8. The third kappa shape index (κ3) is 5.06. The number of amides is 1. The molecule has 1 fully saturated rings. The number of carboxylic acid groups (broad SMARTS) is 1. The van der Waals surface area contributed by atoms with Crippen molar-refractivity contribution >= 4 is 33.4 Å². The Morgan fingerprint density at radius 1 is 1.26 bits per heavy atom. The minimum absolute atomic E-state index is 0.0528. The Hall–Kier alpha value is -1.95. The van der Waals surface area contributed by atoms with E-state index in [0.29, 0.717) is 13.0 Å². The number of carbonyl (C=O) groups excluding carboxylic acids is 1. The molecule has 0 unspecified atom stereocenters. The lowest BCUT2D eigenvalue weighted by Crippen LogP contribution is -2.43. The molecule has 1 aromatic carbocycles. The first-order valence-corrected chi connectivity index (χ1v) is 10.7. The van der Waals surface area contributed by atoms with E-state index in [2.05, 4.69) is 28.5 Å². The number of aromatic nitrogens is 1. The largest absolute Gasteiger partial charge is 0.481 e. The highest BCUT2D eigenvalue weighted by atomic mass is 32.1. The van der Waals surface area contributed by atoms with Gasteiger partial charge in [-0.3, -0.25) is 9.59 Å². The summed E-state index contributed by atoms with van der Waals surface area (Å²) >= 11 is 1.71. The first kappa shape index (κ1) is 19.8. The van der Waals surface area contributed by atoms with E-state index in [4.69, 9.17) is 5.11 Å². The predicted molar refractivity (Wildman–Crippen MR) is 108 cm³/mol. The number of rotatable bonds is 8. The van der Waals surface area contributed by atoms with Gasteiger partial charge >= 0.3 is 5.97 Å². The third-order valence-electron chi connectivity index (χ3n) is 5.60. The number of fused-ring (bicyclic) bond motifs is 1. The van der Waals surface area contributed by atoms with Crippen LogP contribution in [0, 0.1) is 12.3 Å². The molecular formula is C21H28N2O3S. The monoisotopic (exact) mass is 388 g/mol. The molecule has 1 saturated carbocycles. The molecule has 146 valence electrons. The van der Waals surface area contributed by atoms with Gasteiger partial charge in [0, 0.05) is 18.4 Å². The molecule has 1 heterocycles. The van der Waals surface area contributed by atoms with Crippen molar-refractivity contribution in [2.45, 2.75) is 64.7 Å². The summed E-state index contributed by atoms with van der Waals surface area (Å²) in [5.74, 6) is -0.765. The first-order chi connectivity index (χ1) is 13.0. The van der Waals surface area contributed by atoms with Crippen molar-refractivity contribution in [3.8, 4) is 0 Å². The summed E-state index contributed by atoms with van der Waals surface area (Å²) in [7, 11) is 0. The van der Waals surface area contributed by atoms with Crippen molar-refractivity contribution in [3.63, 3.8) is 0 Å². The van der Waals surface area contributed by atoms with Crippen LogP contribution in [0.4, 0.5) is 0 Å².